The number of anilines is 1. The van der Waals surface area contributed by atoms with Crippen molar-refractivity contribution in [3.63, 3.8) is 0 Å². The van der Waals surface area contributed by atoms with Gasteiger partial charge in [-0.05, 0) is 36.8 Å². The van der Waals surface area contributed by atoms with E-state index in [0.29, 0.717) is 17.9 Å². The molecule has 3 rings (SSSR count). The van der Waals surface area contributed by atoms with Crippen molar-refractivity contribution in [1.82, 2.24) is 0 Å². The predicted octanol–water partition coefficient (Wildman–Crippen LogP) is 4.65. The first-order chi connectivity index (χ1) is 12.2. The molecule has 0 saturated carbocycles. The molecule has 2 aromatic carbocycles. The SMILES string of the molecule is CCCN1C(=O)/C(=C\c2cc(Br)ccc2OCC#N)c2ccccc21. The van der Waals surface area contributed by atoms with Crippen LogP contribution in [0.1, 0.15) is 24.5 Å². The Hall–Kier alpha value is -2.58. The first-order valence-electron chi connectivity index (χ1n) is 8.08. The molecule has 0 aliphatic carbocycles. The zero-order chi connectivity index (χ0) is 17.8. The van der Waals surface area contributed by atoms with E-state index in [-0.39, 0.29) is 12.5 Å². The van der Waals surface area contributed by atoms with Crippen LogP contribution in [0.3, 0.4) is 0 Å². The van der Waals surface area contributed by atoms with Gasteiger partial charge in [-0.25, -0.2) is 0 Å². The summed E-state index contributed by atoms with van der Waals surface area (Å²) in [7, 11) is 0. The molecule has 2 aromatic rings. The highest BCUT2D eigenvalue weighted by Crippen LogP contribution is 2.39. The minimum atomic E-state index is -0.0374. The molecule has 0 unspecified atom stereocenters. The van der Waals surface area contributed by atoms with Crippen molar-refractivity contribution in [2.24, 2.45) is 0 Å². The Morgan fingerprint density at radius 1 is 1.28 bits per heavy atom. The predicted molar refractivity (Wildman–Crippen MR) is 102 cm³/mol. The van der Waals surface area contributed by atoms with E-state index < -0.39 is 0 Å². The third-order valence-corrected chi connectivity index (χ3v) is 4.46. The number of ether oxygens (including phenoxy) is 1. The number of nitrogens with zero attached hydrogens (tertiary/aromatic N) is 2. The van der Waals surface area contributed by atoms with E-state index in [1.807, 2.05) is 53.4 Å². The second kappa shape index (κ2) is 7.54. The molecule has 0 atom stereocenters. The molecule has 1 aliphatic rings. The maximum atomic E-state index is 12.9. The lowest BCUT2D eigenvalue weighted by Gasteiger charge is -2.15. The maximum absolute atomic E-state index is 12.9. The molecule has 5 heteroatoms. The molecule has 0 fully saturated rings. The molecule has 126 valence electrons. The number of rotatable bonds is 5. The topological polar surface area (TPSA) is 53.3 Å². The third-order valence-electron chi connectivity index (χ3n) is 3.97. The highest BCUT2D eigenvalue weighted by Gasteiger charge is 2.31. The summed E-state index contributed by atoms with van der Waals surface area (Å²) in [5, 5.41) is 8.76. The quantitative estimate of drug-likeness (QED) is 0.691. The van der Waals surface area contributed by atoms with Crippen molar-refractivity contribution in [3.8, 4) is 11.8 Å². The van der Waals surface area contributed by atoms with Crippen LogP contribution in [0.25, 0.3) is 11.6 Å². The molecule has 4 nitrogen and oxygen atoms in total. The normalized spacial score (nSPS) is 14.5. The summed E-state index contributed by atoms with van der Waals surface area (Å²) in [5.74, 6) is 0.575. The van der Waals surface area contributed by atoms with E-state index in [0.717, 1.165) is 27.7 Å². The van der Waals surface area contributed by atoms with E-state index in [1.54, 1.807) is 6.07 Å². The van der Waals surface area contributed by atoms with Crippen LogP contribution in [0, 0.1) is 11.3 Å². The van der Waals surface area contributed by atoms with Crippen LogP contribution in [0.15, 0.2) is 46.9 Å². The Bertz CT molecular complexity index is 884. The summed E-state index contributed by atoms with van der Waals surface area (Å²) in [5.41, 5.74) is 3.27. The second-order valence-electron chi connectivity index (χ2n) is 5.66. The lowest BCUT2D eigenvalue weighted by Crippen LogP contribution is -2.26. The molecule has 25 heavy (non-hydrogen) atoms. The molecule has 0 spiro atoms. The molecular weight excluding hydrogens is 380 g/mol. The van der Waals surface area contributed by atoms with Gasteiger partial charge in [0.1, 0.15) is 11.8 Å². The highest BCUT2D eigenvalue weighted by molar-refractivity contribution is 9.10. The lowest BCUT2D eigenvalue weighted by molar-refractivity contribution is -0.113. The number of hydrogen-bond acceptors (Lipinski definition) is 3. The number of hydrogen-bond donors (Lipinski definition) is 0. The number of fused-ring (bicyclic) bond motifs is 1. The Morgan fingerprint density at radius 3 is 2.84 bits per heavy atom. The van der Waals surface area contributed by atoms with E-state index in [4.69, 9.17) is 10.00 Å². The summed E-state index contributed by atoms with van der Waals surface area (Å²) < 4.78 is 6.38. The van der Waals surface area contributed by atoms with Crippen molar-refractivity contribution >= 4 is 39.2 Å². The van der Waals surface area contributed by atoms with Gasteiger partial charge in [-0.2, -0.15) is 5.26 Å². The molecule has 0 N–H and O–H groups in total. The fourth-order valence-corrected chi connectivity index (χ4v) is 3.30. The van der Waals surface area contributed by atoms with Gasteiger partial charge in [-0.15, -0.1) is 0 Å². The average Bonchev–Trinajstić information content (AvgIpc) is 2.87. The minimum absolute atomic E-state index is 0.00532. The van der Waals surface area contributed by atoms with Crippen LogP contribution in [-0.2, 0) is 4.79 Å². The van der Waals surface area contributed by atoms with Gasteiger partial charge in [0, 0.05) is 27.7 Å². The van der Waals surface area contributed by atoms with Crippen molar-refractivity contribution in [2.45, 2.75) is 13.3 Å². The van der Waals surface area contributed by atoms with Gasteiger partial charge in [0.2, 0.25) is 0 Å². The van der Waals surface area contributed by atoms with E-state index >= 15 is 0 Å². The number of nitriles is 1. The highest BCUT2D eigenvalue weighted by atomic mass is 79.9. The summed E-state index contributed by atoms with van der Waals surface area (Å²) in [6.07, 6.45) is 2.73. The fourth-order valence-electron chi connectivity index (χ4n) is 2.92. The average molecular weight is 397 g/mol. The molecule has 0 bridgehead atoms. The summed E-state index contributed by atoms with van der Waals surface area (Å²) >= 11 is 3.45. The van der Waals surface area contributed by atoms with Crippen LogP contribution in [0.2, 0.25) is 0 Å². The van der Waals surface area contributed by atoms with Crippen molar-refractivity contribution < 1.29 is 9.53 Å². The molecule has 0 radical (unpaired) electrons. The fraction of sp³-hybridized carbons (Fsp3) is 0.200. The first-order valence-corrected chi connectivity index (χ1v) is 8.87. The molecule has 1 amide bonds. The number of carbonyl (C=O) groups excluding carboxylic acids is 1. The second-order valence-corrected chi connectivity index (χ2v) is 6.58. The Balaban J connectivity index is 2.09. The van der Waals surface area contributed by atoms with E-state index in [2.05, 4.69) is 22.9 Å². The van der Waals surface area contributed by atoms with Crippen LogP contribution in [0.4, 0.5) is 5.69 Å². The Labute approximate surface area is 155 Å². The number of para-hydroxylation sites is 1. The Morgan fingerprint density at radius 2 is 2.08 bits per heavy atom. The molecular formula is C20H17BrN2O2. The smallest absolute Gasteiger partial charge is 0.258 e. The minimum Gasteiger partial charge on any atom is -0.478 e. The van der Waals surface area contributed by atoms with Gasteiger partial charge in [-0.1, -0.05) is 41.1 Å². The van der Waals surface area contributed by atoms with Crippen molar-refractivity contribution in [3.05, 3.63) is 58.1 Å². The van der Waals surface area contributed by atoms with Gasteiger partial charge >= 0.3 is 0 Å². The number of amides is 1. The largest absolute Gasteiger partial charge is 0.478 e. The van der Waals surface area contributed by atoms with Crippen molar-refractivity contribution in [1.29, 1.82) is 5.26 Å². The van der Waals surface area contributed by atoms with E-state index in [9.17, 15) is 4.79 Å². The number of halogens is 1. The Kier molecular flexibility index (Phi) is 5.20. The first kappa shape index (κ1) is 17.2. The zero-order valence-corrected chi connectivity index (χ0v) is 15.4. The summed E-state index contributed by atoms with van der Waals surface area (Å²) in [4.78, 5) is 14.7. The number of carbonyl (C=O) groups is 1. The molecule has 0 saturated heterocycles. The van der Waals surface area contributed by atoms with Gasteiger partial charge < -0.3 is 9.64 Å². The van der Waals surface area contributed by atoms with Crippen LogP contribution in [0.5, 0.6) is 5.75 Å². The van der Waals surface area contributed by atoms with Gasteiger partial charge in [0.05, 0.1) is 5.69 Å². The zero-order valence-electron chi connectivity index (χ0n) is 13.8. The van der Waals surface area contributed by atoms with Crippen LogP contribution < -0.4 is 9.64 Å². The standard InChI is InChI=1S/C20H17BrN2O2/c1-2-10-23-18-6-4-3-5-16(18)17(20(23)24)13-14-12-15(21)7-8-19(14)25-11-9-22/h3-8,12-13H,2,10-11H2,1H3/b17-13-. The molecule has 1 aliphatic heterocycles. The monoisotopic (exact) mass is 396 g/mol. The van der Waals surface area contributed by atoms with Crippen LogP contribution in [-0.4, -0.2) is 19.1 Å². The number of benzene rings is 2. The summed E-state index contributed by atoms with van der Waals surface area (Å²) in [6, 6.07) is 15.3. The van der Waals surface area contributed by atoms with Gasteiger partial charge in [0.25, 0.3) is 5.91 Å². The lowest BCUT2D eigenvalue weighted by atomic mass is 10.0. The van der Waals surface area contributed by atoms with Gasteiger partial charge in [0.15, 0.2) is 6.61 Å². The van der Waals surface area contributed by atoms with Crippen molar-refractivity contribution in [2.75, 3.05) is 18.1 Å². The van der Waals surface area contributed by atoms with Gasteiger partial charge in [-0.3, -0.25) is 4.79 Å². The maximum Gasteiger partial charge on any atom is 0.258 e. The van der Waals surface area contributed by atoms with Crippen LogP contribution >= 0.6 is 15.9 Å². The third kappa shape index (κ3) is 3.45. The molecule has 0 aromatic heterocycles. The van der Waals surface area contributed by atoms with E-state index in [1.165, 1.54) is 0 Å². The molecule has 1 heterocycles. The summed E-state index contributed by atoms with van der Waals surface area (Å²) in [6.45, 7) is 2.70.